The van der Waals surface area contributed by atoms with Gasteiger partial charge in [-0.2, -0.15) is 0 Å². The summed E-state index contributed by atoms with van der Waals surface area (Å²) in [5.41, 5.74) is 2.61. The van der Waals surface area contributed by atoms with Gasteiger partial charge in [-0.1, -0.05) is 60.7 Å². The smallest absolute Gasteiger partial charge is 0.252 e. The third kappa shape index (κ3) is 4.30. The maximum Gasteiger partial charge on any atom is 0.252 e. The summed E-state index contributed by atoms with van der Waals surface area (Å²) in [7, 11) is 0. The van der Waals surface area contributed by atoms with Gasteiger partial charge in [-0.05, 0) is 30.0 Å². The predicted molar refractivity (Wildman–Crippen MR) is 92.7 cm³/mol. The number of carbonyl (C=O) groups is 1. The summed E-state index contributed by atoms with van der Waals surface area (Å²) in [6.45, 7) is 1.36. The Morgan fingerprint density at radius 1 is 1.09 bits per heavy atom. The van der Waals surface area contributed by atoms with Gasteiger partial charge in [0.25, 0.3) is 5.91 Å². The molecule has 3 nitrogen and oxygen atoms in total. The molecular formula is C20H21NO2. The standard InChI is InChI=1S/C20H21NO2/c22-20(21-15-18-12-7-13-23-18)19(17-10-5-2-6-11-17)14-16-8-3-1-4-9-16/h1-6,8-11,14,18H,7,12-13,15H2,(H,21,22). The van der Waals surface area contributed by atoms with Crippen molar-refractivity contribution in [3.05, 3.63) is 71.8 Å². The van der Waals surface area contributed by atoms with E-state index in [-0.39, 0.29) is 12.0 Å². The van der Waals surface area contributed by atoms with Crippen LogP contribution in [-0.4, -0.2) is 25.2 Å². The van der Waals surface area contributed by atoms with Crippen LogP contribution in [0.15, 0.2) is 60.7 Å². The van der Waals surface area contributed by atoms with Crippen molar-refractivity contribution in [2.45, 2.75) is 18.9 Å². The Balaban J connectivity index is 1.80. The summed E-state index contributed by atoms with van der Waals surface area (Å²) in [6.07, 6.45) is 4.17. The number of nitrogens with one attached hydrogen (secondary N) is 1. The number of amides is 1. The van der Waals surface area contributed by atoms with Gasteiger partial charge in [0.1, 0.15) is 0 Å². The number of ether oxygens (including phenoxy) is 1. The van der Waals surface area contributed by atoms with E-state index in [2.05, 4.69) is 5.32 Å². The Bertz CT molecular complexity index is 659. The van der Waals surface area contributed by atoms with Crippen LogP contribution in [-0.2, 0) is 9.53 Å². The van der Waals surface area contributed by atoms with Crippen molar-refractivity contribution >= 4 is 17.6 Å². The van der Waals surface area contributed by atoms with Crippen LogP contribution in [0.2, 0.25) is 0 Å². The van der Waals surface area contributed by atoms with Gasteiger partial charge < -0.3 is 10.1 Å². The van der Waals surface area contributed by atoms with Crippen LogP contribution in [0.25, 0.3) is 11.6 Å². The van der Waals surface area contributed by atoms with Crippen molar-refractivity contribution in [1.29, 1.82) is 0 Å². The van der Waals surface area contributed by atoms with Gasteiger partial charge in [0.2, 0.25) is 0 Å². The molecule has 0 bridgehead atoms. The minimum Gasteiger partial charge on any atom is -0.376 e. The van der Waals surface area contributed by atoms with E-state index in [4.69, 9.17) is 4.74 Å². The Morgan fingerprint density at radius 2 is 1.78 bits per heavy atom. The quantitative estimate of drug-likeness (QED) is 0.678. The van der Waals surface area contributed by atoms with E-state index in [1.54, 1.807) is 0 Å². The summed E-state index contributed by atoms with van der Waals surface area (Å²) in [5.74, 6) is -0.0597. The minimum absolute atomic E-state index is 0.0597. The Morgan fingerprint density at radius 3 is 2.43 bits per heavy atom. The number of rotatable bonds is 5. The van der Waals surface area contributed by atoms with Crippen molar-refractivity contribution in [3.63, 3.8) is 0 Å². The molecule has 1 heterocycles. The minimum atomic E-state index is -0.0597. The first-order valence-electron chi connectivity index (χ1n) is 8.05. The molecule has 1 saturated heterocycles. The third-order valence-electron chi connectivity index (χ3n) is 3.95. The van der Waals surface area contributed by atoms with E-state index in [1.807, 2.05) is 66.7 Å². The van der Waals surface area contributed by atoms with Crippen molar-refractivity contribution in [1.82, 2.24) is 5.32 Å². The predicted octanol–water partition coefficient (Wildman–Crippen LogP) is 3.52. The van der Waals surface area contributed by atoms with Crippen LogP contribution in [0, 0.1) is 0 Å². The van der Waals surface area contributed by atoms with Crippen LogP contribution in [0.4, 0.5) is 0 Å². The fourth-order valence-electron chi connectivity index (χ4n) is 2.72. The van der Waals surface area contributed by atoms with Crippen LogP contribution in [0.3, 0.4) is 0 Å². The van der Waals surface area contributed by atoms with E-state index in [9.17, 15) is 4.79 Å². The van der Waals surface area contributed by atoms with Gasteiger partial charge in [-0.25, -0.2) is 0 Å². The molecule has 0 radical (unpaired) electrons. The molecule has 2 aromatic carbocycles. The Hall–Kier alpha value is -2.39. The first-order valence-corrected chi connectivity index (χ1v) is 8.05. The first kappa shape index (κ1) is 15.5. The van der Waals surface area contributed by atoms with Gasteiger partial charge in [0.15, 0.2) is 0 Å². The van der Waals surface area contributed by atoms with Crippen molar-refractivity contribution in [2.24, 2.45) is 0 Å². The number of hydrogen-bond acceptors (Lipinski definition) is 2. The lowest BCUT2D eigenvalue weighted by Gasteiger charge is -2.13. The highest BCUT2D eigenvalue weighted by molar-refractivity contribution is 6.24. The van der Waals surface area contributed by atoms with Crippen LogP contribution < -0.4 is 5.32 Å². The largest absolute Gasteiger partial charge is 0.376 e. The molecule has 23 heavy (non-hydrogen) atoms. The van der Waals surface area contributed by atoms with Crippen molar-refractivity contribution < 1.29 is 9.53 Å². The highest BCUT2D eigenvalue weighted by Crippen LogP contribution is 2.19. The number of hydrogen-bond donors (Lipinski definition) is 1. The lowest BCUT2D eigenvalue weighted by molar-refractivity contribution is -0.116. The molecule has 118 valence electrons. The lowest BCUT2D eigenvalue weighted by atomic mass is 10.0. The Labute approximate surface area is 137 Å². The zero-order chi connectivity index (χ0) is 15.9. The normalized spacial score (nSPS) is 17.9. The zero-order valence-electron chi connectivity index (χ0n) is 13.1. The summed E-state index contributed by atoms with van der Waals surface area (Å²) < 4.78 is 5.57. The molecule has 1 N–H and O–H groups in total. The van der Waals surface area contributed by atoms with Gasteiger partial charge in [0, 0.05) is 18.7 Å². The second-order valence-electron chi connectivity index (χ2n) is 5.68. The van der Waals surface area contributed by atoms with E-state index < -0.39 is 0 Å². The fourth-order valence-corrected chi connectivity index (χ4v) is 2.72. The molecule has 0 aliphatic carbocycles. The molecule has 3 rings (SSSR count). The van der Waals surface area contributed by atoms with Gasteiger partial charge in [-0.15, -0.1) is 0 Å². The summed E-state index contributed by atoms with van der Waals surface area (Å²) in [4.78, 5) is 12.7. The molecule has 1 amide bonds. The average Bonchev–Trinajstić information content (AvgIpc) is 3.13. The molecule has 0 aromatic heterocycles. The van der Waals surface area contributed by atoms with Crippen LogP contribution in [0.1, 0.15) is 24.0 Å². The van der Waals surface area contributed by atoms with E-state index in [1.165, 1.54) is 0 Å². The Kier molecular flexibility index (Phi) is 5.22. The molecule has 0 spiro atoms. The van der Waals surface area contributed by atoms with Gasteiger partial charge >= 0.3 is 0 Å². The summed E-state index contributed by atoms with van der Waals surface area (Å²) in [6, 6.07) is 19.7. The van der Waals surface area contributed by atoms with E-state index >= 15 is 0 Å². The molecule has 2 aromatic rings. The van der Waals surface area contributed by atoms with Gasteiger partial charge in [-0.3, -0.25) is 4.79 Å². The molecule has 1 atom stereocenters. The molecule has 1 aliphatic heterocycles. The highest BCUT2D eigenvalue weighted by atomic mass is 16.5. The zero-order valence-corrected chi connectivity index (χ0v) is 13.1. The maximum atomic E-state index is 12.7. The summed E-state index contributed by atoms with van der Waals surface area (Å²) in [5, 5.41) is 3.01. The summed E-state index contributed by atoms with van der Waals surface area (Å²) >= 11 is 0. The number of benzene rings is 2. The molecular weight excluding hydrogens is 286 g/mol. The second kappa shape index (κ2) is 7.75. The van der Waals surface area contributed by atoms with Crippen molar-refractivity contribution in [3.8, 4) is 0 Å². The SMILES string of the molecule is O=C(NCC1CCCO1)C(=Cc1ccccc1)c1ccccc1. The molecule has 3 heteroatoms. The van der Waals surface area contributed by atoms with E-state index in [0.29, 0.717) is 12.1 Å². The van der Waals surface area contributed by atoms with Crippen LogP contribution in [0.5, 0.6) is 0 Å². The molecule has 0 saturated carbocycles. The third-order valence-corrected chi connectivity index (χ3v) is 3.95. The molecule has 1 fully saturated rings. The second-order valence-corrected chi connectivity index (χ2v) is 5.68. The monoisotopic (exact) mass is 307 g/mol. The van der Waals surface area contributed by atoms with E-state index in [0.717, 1.165) is 30.6 Å². The molecule has 1 aliphatic rings. The van der Waals surface area contributed by atoms with Crippen molar-refractivity contribution in [2.75, 3.05) is 13.2 Å². The maximum absolute atomic E-state index is 12.7. The topological polar surface area (TPSA) is 38.3 Å². The van der Waals surface area contributed by atoms with Gasteiger partial charge in [0.05, 0.1) is 6.10 Å². The highest BCUT2D eigenvalue weighted by Gasteiger charge is 2.18. The fraction of sp³-hybridized carbons (Fsp3) is 0.250. The van der Waals surface area contributed by atoms with Crippen LogP contribution >= 0.6 is 0 Å². The average molecular weight is 307 g/mol. The molecule has 1 unspecified atom stereocenters. The number of carbonyl (C=O) groups excluding carboxylic acids is 1. The first-order chi connectivity index (χ1) is 11.3. The lowest BCUT2D eigenvalue weighted by Crippen LogP contribution is -2.32.